The number of hydrogen-bond acceptors (Lipinski definition) is 7. The Hall–Kier alpha value is -3.75. The van der Waals surface area contributed by atoms with Crippen LogP contribution in [0.2, 0.25) is 10.0 Å². The number of methoxy groups -OCH3 is 1. The Morgan fingerprint density at radius 3 is 2.79 bits per heavy atom. The van der Waals surface area contributed by atoms with Crippen LogP contribution in [0.3, 0.4) is 0 Å². The summed E-state index contributed by atoms with van der Waals surface area (Å²) < 4.78 is 12.5. The molecule has 5 aromatic rings. The van der Waals surface area contributed by atoms with Gasteiger partial charge in [-0.15, -0.1) is 0 Å². The molecule has 5 rings (SSSR count). The van der Waals surface area contributed by atoms with Crippen LogP contribution in [0, 0.1) is 0 Å². The van der Waals surface area contributed by atoms with Gasteiger partial charge in [-0.1, -0.05) is 34.4 Å². The zero-order chi connectivity index (χ0) is 22.9. The number of carbonyl (C=O) groups excluding carboxylic acids is 1. The quantitative estimate of drug-likeness (QED) is 0.313. The first-order valence-electron chi connectivity index (χ1n) is 9.79. The average molecular weight is 480 g/mol. The second kappa shape index (κ2) is 8.65. The topological polar surface area (TPSA) is 95.9 Å². The van der Waals surface area contributed by atoms with E-state index in [2.05, 4.69) is 20.1 Å². The van der Waals surface area contributed by atoms with Crippen molar-refractivity contribution in [3.8, 4) is 17.3 Å². The monoisotopic (exact) mass is 479 g/mol. The lowest BCUT2D eigenvalue weighted by molar-refractivity contribution is 0.0995. The van der Waals surface area contributed by atoms with Gasteiger partial charge in [0.25, 0.3) is 11.7 Å². The molecule has 0 aliphatic carbocycles. The normalized spacial score (nSPS) is 11.1. The number of fused-ring (bicyclic) bond motifs is 1. The number of carbonyl (C=O) groups is 1. The minimum Gasteiger partial charge on any atom is -0.497 e. The van der Waals surface area contributed by atoms with Crippen LogP contribution in [-0.2, 0) is 6.54 Å². The smallest absolute Gasteiger partial charge is 0.299 e. The Labute approximate surface area is 197 Å². The lowest BCUT2D eigenvalue weighted by atomic mass is 10.1. The zero-order valence-corrected chi connectivity index (χ0v) is 18.7. The van der Waals surface area contributed by atoms with Crippen molar-refractivity contribution in [1.29, 1.82) is 0 Å². The molecule has 2 aromatic carbocycles. The number of nitrogens with zero attached hydrogens (tertiary/aromatic N) is 5. The van der Waals surface area contributed by atoms with Crippen molar-refractivity contribution < 1.29 is 14.1 Å². The van der Waals surface area contributed by atoms with E-state index in [1.165, 1.54) is 6.33 Å². The number of halogens is 2. The first-order chi connectivity index (χ1) is 16.0. The second-order valence-corrected chi connectivity index (χ2v) is 7.98. The van der Waals surface area contributed by atoms with Gasteiger partial charge in [0.15, 0.2) is 0 Å². The summed E-state index contributed by atoms with van der Waals surface area (Å²) in [5.41, 5.74) is 2.53. The highest BCUT2D eigenvalue weighted by Crippen LogP contribution is 2.30. The molecule has 3 aromatic heterocycles. The molecule has 0 bridgehead atoms. The lowest BCUT2D eigenvalue weighted by Gasteiger charge is -2.08. The van der Waals surface area contributed by atoms with Gasteiger partial charge in [0.1, 0.15) is 17.8 Å². The van der Waals surface area contributed by atoms with Crippen LogP contribution in [0.15, 0.2) is 65.7 Å². The molecule has 0 amide bonds. The first-order valence-corrected chi connectivity index (χ1v) is 10.5. The highest BCUT2D eigenvalue weighted by Gasteiger charge is 2.23. The largest absolute Gasteiger partial charge is 0.497 e. The molecule has 0 radical (unpaired) electrons. The summed E-state index contributed by atoms with van der Waals surface area (Å²) in [6.45, 7) is 0.433. The Balaban J connectivity index is 1.57. The first kappa shape index (κ1) is 21.1. The number of aromatic nitrogens is 5. The van der Waals surface area contributed by atoms with E-state index in [0.717, 1.165) is 11.1 Å². The molecule has 8 nitrogen and oxygen atoms in total. The van der Waals surface area contributed by atoms with Crippen molar-refractivity contribution >= 4 is 39.9 Å². The Morgan fingerprint density at radius 1 is 1.15 bits per heavy atom. The maximum absolute atomic E-state index is 13.4. The van der Waals surface area contributed by atoms with E-state index in [-0.39, 0.29) is 11.7 Å². The van der Waals surface area contributed by atoms with Gasteiger partial charge in [-0.2, -0.15) is 4.98 Å². The van der Waals surface area contributed by atoms with E-state index in [0.29, 0.717) is 39.0 Å². The molecule has 0 aliphatic heterocycles. The highest BCUT2D eigenvalue weighted by atomic mass is 35.5. The summed E-state index contributed by atoms with van der Waals surface area (Å²) in [6.07, 6.45) is 4.67. The highest BCUT2D eigenvalue weighted by molar-refractivity contribution is 6.35. The van der Waals surface area contributed by atoms with Crippen molar-refractivity contribution in [2.75, 3.05) is 7.11 Å². The third-order valence-electron chi connectivity index (χ3n) is 5.12. The van der Waals surface area contributed by atoms with Gasteiger partial charge in [-0.3, -0.25) is 4.79 Å². The molecule has 164 valence electrons. The Bertz CT molecular complexity index is 1480. The fraction of sp³-hybridized carbons (Fsp3) is 0.0870. The molecule has 10 heteroatoms. The van der Waals surface area contributed by atoms with Gasteiger partial charge in [-0.25, -0.2) is 9.97 Å². The third kappa shape index (κ3) is 4.06. The molecule has 0 spiro atoms. The van der Waals surface area contributed by atoms with Crippen LogP contribution < -0.4 is 4.74 Å². The standard InChI is InChI=1S/C23H15Cl2N5O3/c1-32-15-4-5-20-16(9-15)17(11-30(20)10-13-2-3-14(24)8-18(13)25)21(31)23-28-22(29-33-23)19-6-7-26-12-27-19/h2-9,11-12H,10H2,1H3. The summed E-state index contributed by atoms with van der Waals surface area (Å²) in [7, 11) is 1.57. The van der Waals surface area contributed by atoms with Crippen LogP contribution in [-0.4, -0.2) is 37.6 Å². The number of rotatable bonds is 6. The van der Waals surface area contributed by atoms with Gasteiger partial charge in [0.05, 0.1) is 12.7 Å². The number of benzene rings is 2. The van der Waals surface area contributed by atoms with Crippen molar-refractivity contribution in [2.24, 2.45) is 0 Å². The lowest BCUT2D eigenvalue weighted by Crippen LogP contribution is -2.02. The van der Waals surface area contributed by atoms with Crippen LogP contribution in [0.25, 0.3) is 22.4 Å². The predicted octanol–water partition coefficient (Wildman–Crippen LogP) is 5.08. The fourth-order valence-corrected chi connectivity index (χ4v) is 3.97. The van der Waals surface area contributed by atoms with E-state index in [9.17, 15) is 4.79 Å². The molecule has 0 fully saturated rings. The van der Waals surface area contributed by atoms with Gasteiger partial charge in [0, 0.05) is 39.9 Å². The fourth-order valence-electron chi connectivity index (χ4n) is 3.51. The maximum atomic E-state index is 13.4. The number of ketones is 1. The van der Waals surface area contributed by atoms with Gasteiger partial charge >= 0.3 is 0 Å². The predicted molar refractivity (Wildman–Crippen MR) is 123 cm³/mol. The molecule has 0 atom stereocenters. The van der Waals surface area contributed by atoms with Gasteiger partial charge in [-0.05, 0) is 42.0 Å². The summed E-state index contributed by atoms with van der Waals surface area (Å²) in [5.74, 6) is 0.262. The Kier molecular flexibility index (Phi) is 5.53. The van der Waals surface area contributed by atoms with Gasteiger partial charge < -0.3 is 13.8 Å². The van der Waals surface area contributed by atoms with Crippen molar-refractivity contribution in [1.82, 2.24) is 24.7 Å². The molecule has 0 saturated heterocycles. The molecule has 0 N–H and O–H groups in total. The van der Waals surface area contributed by atoms with Crippen LogP contribution in [0.5, 0.6) is 5.75 Å². The molecule has 0 saturated carbocycles. The number of ether oxygens (including phenoxy) is 1. The second-order valence-electron chi connectivity index (χ2n) is 7.14. The molecule has 0 aliphatic rings. The summed E-state index contributed by atoms with van der Waals surface area (Å²) in [6, 6.07) is 12.5. The maximum Gasteiger partial charge on any atom is 0.299 e. The zero-order valence-electron chi connectivity index (χ0n) is 17.2. The Morgan fingerprint density at radius 2 is 2.03 bits per heavy atom. The van der Waals surface area contributed by atoms with Crippen molar-refractivity contribution in [3.05, 3.63) is 88.2 Å². The molecular weight excluding hydrogens is 465 g/mol. The van der Waals surface area contributed by atoms with E-state index < -0.39 is 5.78 Å². The van der Waals surface area contributed by atoms with E-state index in [1.807, 2.05) is 22.8 Å². The van der Waals surface area contributed by atoms with Gasteiger partial charge in [0.2, 0.25) is 5.82 Å². The third-order valence-corrected chi connectivity index (χ3v) is 5.71. The van der Waals surface area contributed by atoms with Crippen LogP contribution >= 0.6 is 23.2 Å². The van der Waals surface area contributed by atoms with E-state index >= 15 is 0 Å². The van der Waals surface area contributed by atoms with E-state index in [4.69, 9.17) is 32.5 Å². The summed E-state index contributed by atoms with van der Waals surface area (Å²) in [4.78, 5) is 25.5. The molecule has 0 unspecified atom stereocenters. The van der Waals surface area contributed by atoms with Crippen molar-refractivity contribution in [2.45, 2.75) is 6.54 Å². The average Bonchev–Trinajstić information content (AvgIpc) is 3.46. The van der Waals surface area contributed by atoms with Crippen LogP contribution in [0.4, 0.5) is 0 Å². The molecule has 33 heavy (non-hydrogen) atoms. The molecule has 3 heterocycles. The molecular formula is C23H15Cl2N5O3. The van der Waals surface area contributed by atoms with E-state index in [1.54, 1.807) is 43.8 Å². The summed E-state index contributed by atoms with van der Waals surface area (Å²) >= 11 is 12.4. The van der Waals surface area contributed by atoms with Crippen LogP contribution in [0.1, 0.15) is 21.8 Å². The minimum absolute atomic E-state index is 0.144. The van der Waals surface area contributed by atoms with Crippen molar-refractivity contribution in [3.63, 3.8) is 0 Å². The minimum atomic E-state index is -0.415. The number of hydrogen-bond donors (Lipinski definition) is 0. The summed E-state index contributed by atoms with van der Waals surface area (Å²) in [5, 5.41) is 5.66. The SMILES string of the molecule is COc1ccc2c(c1)c(C(=O)c1nc(-c3ccncn3)no1)cn2Cc1ccc(Cl)cc1Cl.